The van der Waals surface area contributed by atoms with Crippen LogP contribution in [0.3, 0.4) is 0 Å². The molecule has 0 saturated heterocycles. The van der Waals surface area contributed by atoms with Crippen molar-refractivity contribution in [2.45, 2.75) is 11.4 Å². The highest BCUT2D eigenvalue weighted by molar-refractivity contribution is 7.89. The van der Waals surface area contributed by atoms with Crippen LogP contribution in [0, 0.1) is 0 Å². The monoisotopic (exact) mass is 305 g/mol. The van der Waals surface area contributed by atoms with E-state index in [2.05, 4.69) is 5.10 Å². The molecule has 0 amide bonds. The molecule has 5 nitrogen and oxygen atoms in total. The van der Waals surface area contributed by atoms with Crippen molar-refractivity contribution in [3.8, 4) is 0 Å². The first-order chi connectivity index (χ1) is 8.38. The van der Waals surface area contributed by atoms with Crippen molar-refractivity contribution < 1.29 is 8.42 Å². The van der Waals surface area contributed by atoms with Gasteiger partial charge in [-0.15, -0.1) is 0 Å². The third-order valence-electron chi connectivity index (χ3n) is 2.30. The summed E-state index contributed by atoms with van der Waals surface area (Å²) in [5, 5.41) is 9.75. The zero-order valence-electron chi connectivity index (χ0n) is 9.05. The Morgan fingerprint density at radius 1 is 1.33 bits per heavy atom. The maximum atomic E-state index is 11.1. The van der Waals surface area contributed by atoms with E-state index in [0.29, 0.717) is 16.6 Å². The number of hydrogen-bond donors (Lipinski definition) is 1. The van der Waals surface area contributed by atoms with Gasteiger partial charge < -0.3 is 0 Å². The molecule has 1 aromatic heterocycles. The van der Waals surface area contributed by atoms with Crippen LogP contribution < -0.4 is 5.14 Å². The first-order valence-electron chi connectivity index (χ1n) is 4.86. The number of nitrogens with zero attached hydrogens (tertiary/aromatic N) is 2. The van der Waals surface area contributed by atoms with Crippen LogP contribution in [0.25, 0.3) is 0 Å². The average molecular weight is 306 g/mol. The van der Waals surface area contributed by atoms with Crippen molar-refractivity contribution in [2.24, 2.45) is 5.14 Å². The summed E-state index contributed by atoms with van der Waals surface area (Å²) in [6.45, 7) is 0.314. The Hall–Kier alpha value is -1.08. The SMILES string of the molecule is NS(=O)(=O)c1cnn(Cc2cccc(Cl)c2Cl)c1. The van der Waals surface area contributed by atoms with Crippen molar-refractivity contribution in [3.63, 3.8) is 0 Å². The molecule has 0 radical (unpaired) electrons. The molecule has 0 atom stereocenters. The topological polar surface area (TPSA) is 78.0 Å². The highest BCUT2D eigenvalue weighted by Crippen LogP contribution is 2.26. The lowest BCUT2D eigenvalue weighted by Crippen LogP contribution is -2.11. The number of aromatic nitrogens is 2. The minimum absolute atomic E-state index is 0.0411. The lowest BCUT2D eigenvalue weighted by molar-refractivity contribution is 0.597. The Balaban J connectivity index is 2.30. The minimum Gasteiger partial charge on any atom is -0.267 e. The number of halogens is 2. The summed E-state index contributed by atoms with van der Waals surface area (Å²) >= 11 is 11.9. The van der Waals surface area contributed by atoms with Crippen molar-refractivity contribution in [1.82, 2.24) is 9.78 Å². The predicted molar refractivity (Wildman–Crippen MR) is 69.2 cm³/mol. The molecule has 0 aliphatic carbocycles. The number of sulfonamides is 1. The van der Waals surface area contributed by atoms with E-state index in [1.54, 1.807) is 18.2 Å². The fourth-order valence-corrected chi connectivity index (χ4v) is 2.27. The predicted octanol–water partition coefficient (Wildman–Crippen LogP) is 1.89. The fraction of sp³-hybridized carbons (Fsp3) is 0.100. The summed E-state index contributed by atoms with van der Waals surface area (Å²) in [6, 6.07) is 5.21. The van der Waals surface area contributed by atoms with E-state index >= 15 is 0 Å². The summed E-state index contributed by atoms with van der Waals surface area (Å²) < 4.78 is 23.6. The van der Waals surface area contributed by atoms with Crippen LogP contribution in [0.4, 0.5) is 0 Å². The second kappa shape index (κ2) is 4.89. The van der Waals surface area contributed by atoms with E-state index in [9.17, 15) is 8.42 Å². The van der Waals surface area contributed by atoms with Crippen LogP contribution >= 0.6 is 23.2 Å². The maximum absolute atomic E-state index is 11.1. The molecule has 0 aliphatic heterocycles. The summed E-state index contributed by atoms with van der Waals surface area (Å²) in [4.78, 5) is -0.0411. The van der Waals surface area contributed by atoms with Gasteiger partial charge in [-0.05, 0) is 11.6 Å². The highest BCUT2D eigenvalue weighted by atomic mass is 35.5. The number of nitrogens with two attached hydrogens (primary N) is 1. The van der Waals surface area contributed by atoms with Crippen LogP contribution in [0.1, 0.15) is 5.56 Å². The molecule has 0 spiro atoms. The third kappa shape index (κ3) is 2.84. The molecule has 8 heteroatoms. The molecule has 96 valence electrons. The standard InChI is InChI=1S/C10H9Cl2N3O2S/c11-9-3-1-2-7(10(9)12)5-15-6-8(4-14-15)18(13,16)17/h1-4,6H,5H2,(H2,13,16,17). The van der Waals surface area contributed by atoms with Gasteiger partial charge in [-0.3, -0.25) is 4.68 Å². The molecule has 0 unspecified atom stereocenters. The van der Waals surface area contributed by atoms with E-state index in [1.165, 1.54) is 17.1 Å². The summed E-state index contributed by atoms with van der Waals surface area (Å²) in [6.07, 6.45) is 2.53. The van der Waals surface area contributed by atoms with Gasteiger partial charge in [0.1, 0.15) is 4.90 Å². The second-order valence-electron chi connectivity index (χ2n) is 3.63. The lowest BCUT2D eigenvalue weighted by atomic mass is 10.2. The minimum atomic E-state index is -3.73. The zero-order valence-corrected chi connectivity index (χ0v) is 11.4. The molecule has 0 bridgehead atoms. The zero-order chi connectivity index (χ0) is 13.3. The van der Waals surface area contributed by atoms with E-state index in [4.69, 9.17) is 28.3 Å². The fourth-order valence-electron chi connectivity index (χ4n) is 1.42. The molecule has 18 heavy (non-hydrogen) atoms. The van der Waals surface area contributed by atoms with Crippen molar-refractivity contribution in [2.75, 3.05) is 0 Å². The second-order valence-corrected chi connectivity index (χ2v) is 5.98. The Morgan fingerprint density at radius 2 is 2.06 bits per heavy atom. The van der Waals surface area contributed by atoms with Gasteiger partial charge in [0, 0.05) is 6.20 Å². The van der Waals surface area contributed by atoms with Crippen LogP contribution in [-0.2, 0) is 16.6 Å². The number of primary sulfonamides is 1. The number of benzene rings is 1. The average Bonchev–Trinajstić information content (AvgIpc) is 2.73. The summed E-state index contributed by atoms with van der Waals surface area (Å²) in [5.41, 5.74) is 0.744. The van der Waals surface area contributed by atoms with Gasteiger partial charge in [-0.1, -0.05) is 35.3 Å². The number of hydrogen-bond acceptors (Lipinski definition) is 3. The molecule has 0 saturated carbocycles. The van der Waals surface area contributed by atoms with E-state index in [-0.39, 0.29) is 4.90 Å². The molecular formula is C10H9Cl2N3O2S. The van der Waals surface area contributed by atoms with Crippen molar-refractivity contribution in [1.29, 1.82) is 0 Å². The molecule has 1 heterocycles. The Morgan fingerprint density at radius 3 is 2.67 bits per heavy atom. The highest BCUT2D eigenvalue weighted by Gasteiger charge is 2.11. The maximum Gasteiger partial charge on any atom is 0.241 e. The first-order valence-corrected chi connectivity index (χ1v) is 7.16. The lowest BCUT2D eigenvalue weighted by Gasteiger charge is -2.05. The summed E-state index contributed by atoms with van der Waals surface area (Å²) in [7, 11) is -3.73. The van der Waals surface area contributed by atoms with Crippen LogP contribution in [0.2, 0.25) is 10.0 Å². The van der Waals surface area contributed by atoms with Crippen LogP contribution in [-0.4, -0.2) is 18.2 Å². The van der Waals surface area contributed by atoms with Gasteiger partial charge in [-0.25, -0.2) is 13.6 Å². The van der Waals surface area contributed by atoms with Gasteiger partial charge in [0.25, 0.3) is 0 Å². The smallest absolute Gasteiger partial charge is 0.241 e. The largest absolute Gasteiger partial charge is 0.267 e. The molecular weight excluding hydrogens is 297 g/mol. The first kappa shape index (κ1) is 13.4. The Labute approximate surface area is 114 Å². The van der Waals surface area contributed by atoms with Gasteiger partial charge in [0.2, 0.25) is 10.0 Å². The molecule has 2 N–H and O–H groups in total. The third-order valence-corrected chi connectivity index (χ3v) is 4.03. The van der Waals surface area contributed by atoms with Gasteiger partial charge in [-0.2, -0.15) is 5.10 Å². The molecule has 0 fully saturated rings. The normalized spacial score (nSPS) is 11.7. The summed E-state index contributed by atoms with van der Waals surface area (Å²) in [5.74, 6) is 0. The van der Waals surface area contributed by atoms with Crippen LogP contribution in [0.15, 0.2) is 35.5 Å². The molecule has 1 aromatic carbocycles. The Bertz CT molecular complexity index is 682. The van der Waals surface area contributed by atoms with Crippen molar-refractivity contribution in [3.05, 3.63) is 46.2 Å². The molecule has 2 rings (SSSR count). The molecule has 0 aliphatic rings. The van der Waals surface area contributed by atoms with E-state index in [1.807, 2.05) is 0 Å². The quantitative estimate of drug-likeness (QED) is 0.940. The van der Waals surface area contributed by atoms with Crippen molar-refractivity contribution >= 4 is 33.2 Å². The molecule has 2 aromatic rings. The van der Waals surface area contributed by atoms with Gasteiger partial charge >= 0.3 is 0 Å². The van der Waals surface area contributed by atoms with E-state index in [0.717, 1.165) is 5.56 Å². The Kier molecular flexibility index (Phi) is 3.63. The van der Waals surface area contributed by atoms with Gasteiger partial charge in [0.15, 0.2) is 0 Å². The van der Waals surface area contributed by atoms with E-state index < -0.39 is 10.0 Å². The van der Waals surface area contributed by atoms with Gasteiger partial charge in [0.05, 0.1) is 22.8 Å². The number of rotatable bonds is 3. The van der Waals surface area contributed by atoms with Crippen LogP contribution in [0.5, 0.6) is 0 Å².